The van der Waals surface area contributed by atoms with Gasteiger partial charge in [-0.15, -0.1) is 0 Å². The number of rotatable bonds is 4. The topological polar surface area (TPSA) is 61.9 Å². The minimum atomic E-state index is -0.0892. The number of hydrogen-bond acceptors (Lipinski definition) is 3. The van der Waals surface area contributed by atoms with Gasteiger partial charge < -0.3 is 4.90 Å². The first-order valence-electron chi connectivity index (χ1n) is 6.51. The largest absolute Gasteiger partial charge is 0.329 e. The Balaban J connectivity index is 2.12. The van der Waals surface area contributed by atoms with Gasteiger partial charge in [-0.2, -0.15) is 5.26 Å². The van der Waals surface area contributed by atoms with Gasteiger partial charge in [-0.3, -0.25) is 4.57 Å². The van der Waals surface area contributed by atoms with Crippen molar-refractivity contribution in [2.45, 2.75) is 19.9 Å². The molecule has 20 heavy (non-hydrogen) atoms. The number of nitriles is 1. The number of carbonyl (C=O) groups excluding carboxylic acids is 1. The highest BCUT2D eigenvalue weighted by Gasteiger charge is 2.14. The number of imidazole rings is 1. The van der Waals surface area contributed by atoms with E-state index in [0.29, 0.717) is 18.7 Å². The predicted molar refractivity (Wildman–Crippen MR) is 74.9 cm³/mol. The van der Waals surface area contributed by atoms with Gasteiger partial charge in [0.05, 0.1) is 11.6 Å². The molecule has 1 aromatic carbocycles. The highest BCUT2D eigenvalue weighted by atomic mass is 16.2. The zero-order chi connectivity index (χ0) is 14.4. The molecular weight excluding hydrogens is 252 g/mol. The lowest BCUT2D eigenvalue weighted by Crippen LogP contribution is -2.34. The third kappa shape index (κ3) is 3.23. The first-order chi connectivity index (χ1) is 9.74. The monoisotopic (exact) mass is 268 g/mol. The van der Waals surface area contributed by atoms with Gasteiger partial charge in [0.2, 0.25) is 0 Å². The zero-order valence-corrected chi connectivity index (χ0v) is 11.4. The van der Waals surface area contributed by atoms with Crippen molar-refractivity contribution in [1.82, 2.24) is 14.5 Å². The summed E-state index contributed by atoms with van der Waals surface area (Å²) in [4.78, 5) is 18.0. The maximum atomic E-state index is 12.3. The number of aromatic nitrogens is 2. The fourth-order valence-electron chi connectivity index (χ4n) is 1.95. The quantitative estimate of drug-likeness (QED) is 0.856. The summed E-state index contributed by atoms with van der Waals surface area (Å²) in [6.07, 6.45) is 5.62. The van der Waals surface area contributed by atoms with E-state index < -0.39 is 0 Å². The highest BCUT2D eigenvalue weighted by Crippen LogP contribution is 2.09. The van der Waals surface area contributed by atoms with Crippen LogP contribution in [0.4, 0.5) is 4.79 Å². The second-order valence-electron chi connectivity index (χ2n) is 4.48. The van der Waals surface area contributed by atoms with Gasteiger partial charge in [-0.1, -0.05) is 19.1 Å². The molecule has 1 aromatic heterocycles. The lowest BCUT2D eigenvalue weighted by Gasteiger charge is -2.22. The van der Waals surface area contributed by atoms with E-state index in [4.69, 9.17) is 5.26 Å². The Kier molecular flexibility index (Phi) is 4.51. The number of hydrogen-bond donors (Lipinski definition) is 0. The molecule has 0 saturated carbocycles. The average molecular weight is 268 g/mol. The fourth-order valence-corrected chi connectivity index (χ4v) is 1.95. The molecule has 0 radical (unpaired) electrons. The number of benzene rings is 1. The molecule has 1 heterocycles. The van der Waals surface area contributed by atoms with Crippen molar-refractivity contribution < 1.29 is 4.79 Å². The van der Waals surface area contributed by atoms with Crippen LogP contribution in [0, 0.1) is 11.3 Å². The summed E-state index contributed by atoms with van der Waals surface area (Å²) in [6, 6.07) is 9.28. The molecule has 0 aliphatic carbocycles. The van der Waals surface area contributed by atoms with Crippen molar-refractivity contribution >= 4 is 6.03 Å². The van der Waals surface area contributed by atoms with Crippen LogP contribution < -0.4 is 0 Å². The Morgan fingerprint density at radius 1 is 1.40 bits per heavy atom. The molecule has 5 nitrogen and oxygen atoms in total. The molecule has 2 aromatic rings. The Labute approximate surface area is 118 Å². The molecular formula is C15H16N4O. The molecule has 102 valence electrons. The first kappa shape index (κ1) is 13.8. The summed E-state index contributed by atoms with van der Waals surface area (Å²) in [5, 5.41) is 8.78. The van der Waals surface area contributed by atoms with E-state index in [0.717, 1.165) is 12.0 Å². The van der Waals surface area contributed by atoms with Crippen LogP contribution in [0.5, 0.6) is 0 Å². The second-order valence-corrected chi connectivity index (χ2v) is 4.48. The standard InChI is InChI=1S/C15H16N4O/c1-2-8-18(15(20)19-9-7-17-12-19)11-14-5-3-13(10-16)4-6-14/h3-7,9,12H,2,8,11H2,1H3. The molecule has 5 heteroatoms. The number of amides is 1. The molecule has 0 spiro atoms. The Hall–Kier alpha value is -2.61. The second kappa shape index (κ2) is 6.53. The summed E-state index contributed by atoms with van der Waals surface area (Å²) in [5.41, 5.74) is 1.63. The van der Waals surface area contributed by atoms with Gasteiger partial charge in [0.1, 0.15) is 6.33 Å². The minimum Gasteiger partial charge on any atom is -0.320 e. The van der Waals surface area contributed by atoms with E-state index >= 15 is 0 Å². The third-order valence-electron chi connectivity index (χ3n) is 2.95. The Bertz CT molecular complexity index is 596. The molecule has 0 aliphatic heterocycles. The molecule has 2 rings (SSSR count). The summed E-state index contributed by atoms with van der Waals surface area (Å²) in [7, 11) is 0. The fraction of sp³-hybridized carbons (Fsp3) is 0.267. The molecule has 0 aliphatic rings. The van der Waals surface area contributed by atoms with Crippen LogP contribution >= 0.6 is 0 Å². The lowest BCUT2D eigenvalue weighted by atomic mass is 10.1. The van der Waals surface area contributed by atoms with E-state index in [2.05, 4.69) is 11.1 Å². The van der Waals surface area contributed by atoms with Crippen molar-refractivity contribution in [2.24, 2.45) is 0 Å². The van der Waals surface area contributed by atoms with E-state index in [1.165, 1.54) is 10.9 Å². The van der Waals surface area contributed by atoms with E-state index in [1.807, 2.05) is 19.1 Å². The molecule has 0 N–H and O–H groups in total. The van der Waals surface area contributed by atoms with Crippen LogP contribution in [0.1, 0.15) is 24.5 Å². The van der Waals surface area contributed by atoms with Crippen LogP contribution in [0.2, 0.25) is 0 Å². The third-order valence-corrected chi connectivity index (χ3v) is 2.95. The molecule has 0 bridgehead atoms. The van der Waals surface area contributed by atoms with Crippen molar-refractivity contribution in [3.05, 3.63) is 54.1 Å². The van der Waals surface area contributed by atoms with E-state index in [-0.39, 0.29) is 6.03 Å². The molecule has 1 amide bonds. The van der Waals surface area contributed by atoms with Crippen molar-refractivity contribution in [1.29, 1.82) is 5.26 Å². The Morgan fingerprint density at radius 3 is 2.70 bits per heavy atom. The maximum Gasteiger partial charge on any atom is 0.329 e. The van der Waals surface area contributed by atoms with Crippen molar-refractivity contribution in [2.75, 3.05) is 6.54 Å². The number of carbonyl (C=O) groups is 1. The SMILES string of the molecule is CCCN(Cc1ccc(C#N)cc1)C(=O)n1ccnc1. The Morgan fingerprint density at radius 2 is 2.15 bits per heavy atom. The molecule has 0 saturated heterocycles. The summed E-state index contributed by atoms with van der Waals surface area (Å²) >= 11 is 0. The number of nitrogens with zero attached hydrogens (tertiary/aromatic N) is 4. The summed E-state index contributed by atoms with van der Waals surface area (Å²) in [5.74, 6) is 0. The van der Waals surface area contributed by atoms with Crippen molar-refractivity contribution in [3.8, 4) is 6.07 Å². The van der Waals surface area contributed by atoms with Crippen LogP contribution in [-0.4, -0.2) is 27.0 Å². The lowest BCUT2D eigenvalue weighted by molar-refractivity contribution is 0.197. The zero-order valence-electron chi connectivity index (χ0n) is 11.4. The minimum absolute atomic E-state index is 0.0892. The normalized spacial score (nSPS) is 10.0. The van der Waals surface area contributed by atoms with Crippen molar-refractivity contribution in [3.63, 3.8) is 0 Å². The molecule has 0 atom stereocenters. The summed E-state index contributed by atoms with van der Waals surface area (Å²) < 4.78 is 1.47. The average Bonchev–Trinajstić information content (AvgIpc) is 3.01. The maximum absolute atomic E-state index is 12.3. The van der Waals surface area contributed by atoms with Crippen LogP contribution in [0.25, 0.3) is 0 Å². The van der Waals surface area contributed by atoms with Gasteiger partial charge >= 0.3 is 6.03 Å². The van der Waals surface area contributed by atoms with E-state index in [1.54, 1.807) is 29.4 Å². The smallest absolute Gasteiger partial charge is 0.320 e. The predicted octanol–water partition coefficient (Wildman–Crippen LogP) is 2.64. The first-order valence-corrected chi connectivity index (χ1v) is 6.51. The van der Waals surface area contributed by atoms with Gasteiger partial charge in [0.15, 0.2) is 0 Å². The van der Waals surface area contributed by atoms with E-state index in [9.17, 15) is 4.79 Å². The van der Waals surface area contributed by atoms with Crippen LogP contribution in [0.3, 0.4) is 0 Å². The molecule has 0 unspecified atom stereocenters. The van der Waals surface area contributed by atoms with Crippen LogP contribution in [-0.2, 0) is 6.54 Å². The van der Waals surface area contributed by atoms with Gasteiger partial charge in [-0.25, -0.2) is 9.78 Å². The molecule has 0 fully saturated rings. The van der Waals surface area contributed by atoms with Gasteiger partial charge in [0.25, 0.3) is 0 Å². The van der Waals surface area contributed by atoms with Gasteiger partial charge in [0, 0.05) is 25.5 Å². The van der Waals surface area contributed by atoms with Gasteiger partial charge in [-0.05, 0) is 24.1 Å². The van der Waals surface area contributed by atoms with Crippen LogP contribution in [0.15, 0.2) is 43.0 Å². The highest BCUT2D eigenvalue weighted by molar-refractivity contribution is 5.76. The summed E-state index contributed by atoms with van der Waals surface area (Å²) in [6.45, 7) is 3.24.